The minimum absolute atomic E-state index is 1.30. The maximum atomic E-state index is 2.50. The maximum Gasteiger partial charge on any atom is -0.0351 e. The van der Waals surface area contributed by atoms with Crippen LogP contribution >= 0.6 is 0 Å². The van der Waals surface area contributed by atoms with Crippen LogP contribution in [0.2, 0.25) is 0 Å². The monoisotopic (exact) mass is 193 g/mol. The first-order valence-electron chi connectivity index (χ1n) is 6.47. The van der Waals surface area contributed by atoms with Crippen LogP contribution in [0.25, 0.3) is 0 Å². The van der Waals surface area contributed by atoms with Crippen molar-refractivity contribution >= 4 is 0 Å². The average molecular weight is 193 g/mol. The molecule has 0 saturated carbocycles. The summed E-state index contributed by atoms with van der Waals surface area (Å²) in [7, 11) is 0. The summed E-state index contributed by atoms with van der Waals surface area (Å²) in [6.07, 6.45) is 22.5. The molecule has 0 aromatic heterocycles. The summed E-state index contributed by atoms with van der Waals surface area (Å²) in [6, 6.07) is 0. The average Bonchev–Trinajstić information content (AvgIpc) is 2.22. The fourth-order valence-electron chi connectivity index (χ4n) is 2.01. The Morgan fingerprint density at radius 2 is 0.857 bits per heavy atom. The van der Waals surface area contributed by atoms with E-state index in [1.807, 2.05) is 0 Å². The van der Waals surface area contributed by atoms with Crippen molar-refractivity contribution in [3.05, 3.63) is 18.6 Å². The van der Waals surface area contributed by atoms with Crippen molar-refractivity contribution in [3.8, 4) is 0 Å². The second-order valence-corrected chi connectivity index (χ2v) is 4.39. The quantitative estimate of drug-likeness (QED) is 0.472. The molecule has 1 aliphatic carbocycles. The molecule has 0 atom stereocenters. The second-order valence-electron chi connectivity index (χ2n) is 4.39. The van der Waals surface area contributed by atoms with Crippen LogP contribution in [-0.4, -0.2) is 0 Å². The maximum absolute atomic E-state index is 2.50. The lowest BCUT2D eigenvalue weighted by atomic mass is 10.0. The highest BCUT2D eigenvalue weighted by Gasteiger charge is 1.93. The summed E-state index contributed by atoms with van der Waals surface area (Å²) in [5, 5.41) is 0. The Kier molecular flexibility index (Phi) is 7.85. The fourth-order valence-corrected chi connectivity index (χ4v) is 2.01. The molecule has 0 N–H and O–H groups in total. The molecule has 0 amide bonds. The van der Waals surface area contributed by atoms with Gasteiger partial charge in [-0.15, -0.1) is 0 Å². The van der Waals surface area contributed by atoms with Crippen LogP contribution in [0.3, 0.4) is 0 Å². The van der Waals surface area contributed by atoms with E-state index in [0.29, 0.717) is 0 Å². The van der Waals surface area contributed by atoms with Crippen molar-refractivity contribution in [1.82, 2.24) is 0 Å². The zero-order chi connectivity index (χ0) is 9.90. The molecule has 0 heteroatoms. The minimum atomic E-state index is 1.30. The van der Waals surface area contributed by atoms with Gasteiger partial charge in [0.05, 0.1) is 0 Å². The Labute approximate surface area is 89.8 Å². The normalized spacial score (nSPS) is 22.9. The van der Waals surface area contributed by atoms with Gasteiger partial charge in [0.25, 0.3) is 0 Å². The van der Waals surface area contributed by atoms with Gasteiger partial charge in [-0.2, -0.15) is 0 Å². The van der Waals surface area contributed by atoms with E-state index in [0.717, 1.165) is 0 Å². The van der Waals surface area contributed by atoms with Gasteiger partial charge in [0.2, 0.25) is 0 Å². The highest BCUT2D eigenvalue weighted by Crippen LogP contribution is 2.12. The lowest BCUT2D eigenvalue weighted by Crippen LogP contribution is -1.84. The van der Waals surface area contributed by atoms with E-state index in [1.165, 1.54) is 70.6 Å². The topological polar surface area (TPSA) is 0 Å². The summed E-state index contributed by atoms with van der Waals surface area (Å²) >= 11 is 0. The van der Waals surface area contributed by atoms with E-state index in [9.17, 15) is 0 Å². The molecular weight excluding hydrogens is 168 g/mol. The Bertz CT molecular complexity index is 119. The molecule has 1 radical (unpaired) electrons. The third-order valence-electron chi connectivity index (χ3n) is 2.97. The van der Waals surface area contributed by atoms with Crippen LogP contribution in [0, 0.1) is 6.42 Å². The highest BCUT2D eigenvalue weighted by atomic mass is 14.0. The molecular formula is C14H25. The smallest absolute Gasteiger partial charge is 0.0351 e. The molecule has 0 spiro atoms. The van der Waals surface area contributed by atoms with Gasteiger partial charge in [-0.05, 0) is 32.1 Å². The lowest BCUT2D eigenvalue weighted by molar-refractivity contribution is 0.600. The predicted octanol–water partition coefficient (Wildman–Crippen LogP) is 5.05. The summed E-state index contributed by atoms with van der Waals surface area (Å²) < 4.78 is 0. The van der Waals surface area contributed by atoms with Gasteiger partial charge in [-0.3, -0.25) is 0 Å². The van der Waals surface area contributed by atoms with Gasteiger partial charge in [-0.25, -0.2) is 0 Å². The molecule has 0 bridgehead atoms. The largest absolute Gasteiger partial charge is 0.0885 e. The zero-order valence-electron chi connectivity index (χ0n) is 9.51. The van der Waals surface area contributed by atoms with Gasteiger partial charge in [0.15, 0.2) is 0 Å². The van der Waals surface area contributed by atoms with Gasteiger partial charge in [0.1, 0.15) is 0 Å². The van der Waals surface area contributed by atoms with Crippen LogP contribution < -0.4 is 0 Å². The third kappa shape index (κ3) is 7.17. The molecule has 1 aliphatic rings. The molecule has 0 aromatic rings. The molecule has 0 fully saturated rings. The van der Waals surface area contributed by atoms with Crippen LogP contribution in [0.15, 0.2) is 12.2 Å². The number of rotatable bonds is 0. The third-order valence-corrected chi connectivity index (χ3v) is 2.97. The molecule has 14 heavy (non-hydrogen) atoms. The van der Waals surface area contributed by atoms with E-state index in [2.05, 4.69) is 18.6 Å². The van der Waals surface area contributed by atoms with E-state index in [1.54, 1.807) is 0 Å². The second kappa shape index (κ2) is 9.30. The molecule has 81 valence electrons. The summed E-state index contributed by atoms with van der Waals surface area (Å²) in [5.74, 6) is 0. The van der Waals surface area contributed by atoms with Gasteiger partial charge < -0.3 is 0 Å². The first kappa shape index (κ1) is 11.8. The van der Waals surface area contributed by atoms with E-state index in [4.69, 9.17) is 0 Å². The van der Waals surface area contributed by atoms with Crippen molar-refractivity contribution < 1.29 is 0 Å². The predicted molar refractivity (Wildman–Crippen MR) is 64.2 cm³/mol. The van der Waals surface area contributed by atoms with Gasteiger partial charge >= 0.3 is 0 Å². The molecule has 0 aliphatic heterocycles. The SMILES string of the molecule is [CH]1CCCCC=CCCCCCCC1. The van der Waals surface area contributed by atoms with Crippen LogP contribution in [0.5, 0.6) is 0 Å². The number of allylic oxidation sites excluding steroid dienone is 2. The highest BCUT2D eigenvalue weighted by molar-refractivity contribution is 4.81. The molecule has 0 heterocycles. The Morgan fingerprint density at radius 1 is 0.429 bits per heavy atom. The molecule has 0 unspecified atom stereocenters. The molecule has 0 saturated heterocycles. The molecule has 0 aromatic carbocycles. The van der Waals surface area contributed by atoms with E-state index in [-0.39, 0.29) is 0 Å². The standard InChI is InChI=1S/C14H25/c1-2-4-6-8-10-12-14-13-11-9-7-5-3-1/h1-2,11H,3-10,12-14H2. The van der Waals surface area contributed by atoms with Crippen molar-refractivity contribution in [2.75, 3.05) is 0 Å². The van der Waals surface area contributed by atoms with Crippen LogP contribution in [0.1, 0.15) is 70.6 Å². The van der Waals surface area contributed by atoms with Crippen LogP contribution in [0.4, 0.5) is 0 Å². The first-order valence-corrected chi connectivity index (χ1v) is 6.47. The molecule has 1 rings (SSSR count). The zero-order valence-corrected chi connectivity index (χ0v) is 9.51. The van der Waals surface area contributed by atoms with Crippen molar-refractivity contribution in [2.45, 2.75) is 70.6 Å². The summed E-state index contributed by atoms with van der Waals surface area (Å²) in [5.41, 5.74) is 0. The molecule has 0 nitrogen and oxygen atoms in total. The summed E-state index contributed by atoms with van der Waals surface area (Å²) in [4.78, 5) is 0. The Morgan fingerprint density at radius 3 is 1.57 bits per heavy atom. The van der Waals surface area contributed by atoms with Crippen molar-refractivity contribution in [2.24, 2.45) is 0 Å². The number of hydrogen-bond acceptors (Lipinski definition) is 0. The van der Waals surface area contributed by atoms with Gasteiger partial charge in [0, 0.05) is 0 Å². The minimum Gasteiger partial charge on any atom is -0.0885 e. The van der Waals surface area contributed by atoms with E-state index >= 15 is 0 Å². The fraction of sp³-hybridized carbons (Fsp3) is 0.786. The van der Waals surface area contributed by atoms with Crippen molar-refractivity contribution in [3.63, 3.8) is 0 Å². The number of hydrogen-bond donors (Lipinski definition) is 0. The lowest BCUT2D eigenvalue weighted by Gasteiger charge is -2.02. The first-order chi connectivity index (χ1) is 7.00. The summed E-state index contributed by atoms with van der Waals surface area (Å²) in [6.45, 7) is 0. The Hall–Kier alpha value is -0.260. The van der Waals surface area contributed by atoms with Crippen LogP contribution in [-0.2, 0) is 0 Å². The van der Waals surface area contributed by atoms with Crippen molar-refractivity contribution in [1.29, 1.82) is 0 Å². The van der Waals surface area contributed by atoms with E-state index < -0.39 is 0 Å². The Balaban J connectivity index is 2.09. The van der Waals surface area contributed by atoms with Gasteiger partial charge in [-0.1, -0.05) is 57.1 Å².